The minimum Gasteiger partial charge on any atom is -0.396 e. The number of hydrogen-bond donors (Lipinski definition) is 3. The summed E-state index contributed by atoms with van der Waals surface area (Å²) < 4.78 is 0. The highest BCUT2D eigenvalue weighted by molar-refractivity contribution is 5.81. The highest BCUT2D eigenvalue weighted by atomic mass is 16.3. The number of nitrogens with one attached hydrogen (secondary N) is 1. The summed E-state index contributed by atoms with van der Waals surface area (Å²) in [6, 6.07) is 3.67. The lowest BCUT2D eigenvalue weighted by Gasteiger charge is -2.09. The molecule has 0 saturated carbocycles. The molecular weight excluding hydrogens is 178 g/mol. The van der Waals surface area contributed by atoms with Crippen LogP contribution in [-0.2, 0) is 0 Å². The molecule has 0 aliphatic rings. The number of hydrogen-bond acceptors (Lipinski definition) is 3. The van der Waals surface area contributed by atoms with Crippen molar-refractivity contribution in [2.45, 2.75) is 12.5 Å². The molecule has 2 rings (SSSR count). The van der Waals surface area contributed by atoms with Gasteiger partial charge in [-0.2, -0.15) is 0 Å². The minimum absolute atomic E-state index is 0.0870. The van der Waals surface area contributed by atoms with Crippen LogP contribution in [0.15, 0.2) is 24.5 Å². The number of aliphatic hydroxyl groups is 1. The van der Waals surface area contributed by atoms with Gasteiger partial charge in [0.15, 0.2) is 0 Å². The molecule has 1 atom stereocenters. The van der Waals surface area contributed by atoms with E-state index in [0.29, 0.717) is 6.42 Å². The van der Waals surface area contributed by atoms with Gasteiger partial charge in [-0.25, -0.2) is 0 Å². The summed E-state index contributed by atoms with van der Waals surface area (Å²) in [5.74, 6) is 0. The number of pyridine rings is 1. The van der Waals surface area contributed by atoms with Crippen LogP contribution in [0.4, 0.5) is 0 Å². The number of rotatable bonds is 3. The third-order valence-electron chi connectivity index (χ3n) is 2.30. The van der Waals surface area contributed by atoms with Gasteiger partial charge in [0.25, 0.3) is 0 Å². The largest absolute Gasteiger partial charge is 0.396 e. The molecule has 4 nitrogen and oxygen atoms in total. The summed E-state index contributed by atoms with van der Waals surface area (Å²) >= 11 is 0. The average molecular weight is 191 g/mol. The monoisotopic (exact) mass is 191 g/mol. The van der Waals surface area contributed by atoms with Crippen molar-refractivity contribution < 1.29 is 5.11 Å². The second-order valence-electron chi connectivity index (χ2n) is 3.25. The second kappa shape index (κ2) is 3.77. The summed E-state index contributed by atoms with van der Waals surface area (Å²) in [4.78, 5) is 7.34. The number of aromatic nitrogens is 2. The molecule has 4 N–H and O–H groups in total. The number of aromatic amines is 1. The summed E-state index contributed by atoms with van der Waals surface area (Å²) in [5.41, 5.74) is 7.77. The molecule has 2 aromatic rings. The van der Waals surface area contributed by atoms with Gasteiger partial charge < -0.3 is 15.8 Å². The maximum atomic E-state index is 8.81. The molecule has 14 heavy (non-hydrogen) atoms. The zero-order chi connectivity index (χ0) is 9.97. The first-order valence-electron chi connectivity index (χ1n) is 4.61. The summed E-state index contributed by atoms with van der Waals surface area (Å²) in [6.07, 6.45) is 4.13. The van der Waals surface area contributed by atoms with E-state index in [2.05, 4.69) is 9.97 Å². The van der Waals surface area contributed by atoms with E-state index in [0.717, 1.165) is 16.6 Å². The molecule has 4 heteroatoms. The van der Waals surface area contributed by atoms with E-state index in [1.165, 1.54) is 0 Å². The van der Waals surface area contributed by atoms with Crippen LogP contribution in [0.25, 0.3) is 10.9 Å². The Labute approximate surface area is 81.8 Å². The van der Waals surface area contributed by atoms with Crippen molar-refractivity contribution >= 4 is 10.9 Å². The Morgan fingerprint density at radius 1 is 1.50 bits per heavy atom. The molecule has 0 aliphatic carbocycles. The van der Waals surface area contributed by atoms with E-state index < -0.39 is 0 Å². The van der Waals surface area contributed by atoms with Crippen LogP contribution in [0.3, 0.4) is 0 Å². The summed E-state index contributed by atoms with van der Waals surface area (Å²) in [7, 11) is 0. The van der Waals surface area contributed by atoms with E-state index in [4.69, 9.17) is 10.8 Å². The first kappa shape index (κ1) is 9.18. The number of aliphatic hydroxyl groups excluding tert-OH is 1. The van der Waals surface area contributed by atoms with Crippen molar-refractivity contribution in [3.05, 3.63) is 30.2 Å². The molecule has 0 bridgehead atoms. The average Bonchev–Trinajstić information content (AvgIpc) is 2.65. The molecule has 0 radical (unpaired) electrons. The summed E-state index contributed by atoms with van der Waals surface area (Å²) in [5, 5.41) is 9.84. The van der Waals surface area contributed by atoms with Crippen molar-refractivity contribution in [2.24, 2.45) is 5.73 Å². The topological polar surface area (TPSA) is 74.9 Å². The van der Waals surface area contributed by atoms with Crippen molar-refractivity contribution in [2.75, 3.05) is 6.61 Å². The Morgan fingerprint density at radius 3 is 3.14 bits per heavy atom. The fourth-order valence-corrected chi connectivity index (χ4v) is 1.58. The lowest BCUT2D eigenvalue weighted by molar-refractivity contribution is 0.276. The molecular formula is C10H13N3O. The van der Waals surface area contributed by atoms with Crippen LogP contribution in [0.1, 0.15) is 18.2 Å². The van der Waals surface area contributed by atoms with Gasteiger partial charge in [0.2, 0.25) is 0 Å². The van der Waals surface area contributed by atoms with Crippen molar-refractivity contribution in [3.63, 3.8) is 0 Å². The van der Waals surface area contributed by atoms with Crippen molar-refractivity contribution in [1.29, 1.82) is 0 Å². The molecule has 0 spiro atoms. The molecule has 0 fully saturated rings. The molecule has 0 unspecified atom stereocenters. The second-order valence-corrected chi connectivity index (χ2v) is 3.25. The number of nitrogens with two attached hydrogens (primary N) is 1. The molecule has 0 amide bonds. The zero-order valence-electron chi connectivity index (χ0n) is 7.77. The highest BCUT2D eigenvalue weighted by Gasteiger charge is 2.10. The molecule has 0 saturated heterocycles. The first-order valence-corrected chi connectivity index (χ1v) is 4.61. The van der Waals surface area contributed by atoms with Gasteiger partial charge in [-0.05, 0) is 18.6 Å². The van der Waals surface area contributed by atoms with Gasteiger partial charge >= 0.3 is 0 Å². The lowest BCUT2D eigenvalue weighted by atomic mass is 10.1. The fourth-order valence-electron chi connectivity index (χ4n) is 1.58. The Bertz CT molecular complexity index is 424. The highest BCUT2D eigenvalue weighted by Crippen LogP contribution is 2.21. The third-order valence-corrected chi connectivity index (χ3v) is 2.30. The predicted octanol–water partition coefficient (Wildman–Crippen LogP) is 0.945. The van der Waals surface area contributed by atoms with Gasteiger partial charge in [0, 0.05) is 35.9 Å². The maximum absolute atomic E-state index is 8.81. The van der Waals surface area contributed by atoms with Crippen LogP contribution in [-0.4, -0.2) is 21.7 Å². The SMILES string of the molecule is N[C@@H](CCO)c1nccc2[nH]ccc12. The Balaban J connectivity index is 2.45. The zero-order valence-corrected chi connectivity index (χ0v) is 7.77. The third kappa shape index (κ3) is 1.49. The van der Waals surface area contributed by atoms with Crippen LogP contribution in [0, 0.1) is 0 Å². The van der Waals surface area contributed by atoms with Gasteiger partial charge in [-0.1, -0.05) is 0 Å². The van der Waals surface area contributed by atoms with E-state index in [9.17, 15) is 0 Å². The molecule has 0 aromatic carbocycles. The normalized spacial score (nSPS) is 13.3. The van der Waals surface area contributed by atoms with E-state index >= 15 is 0 Å². The minimum atomic E-state index is -0.195. The molecule has 2 heterocycles. The van der Waals surface area contributed by atoms with Gasteiger partial charge in [0.1, 0.15) is 0 Å². The molecule has 0 aliphatic heterocycles. The van der Waals surface area contributed by atoms with E-state index in [1.54, 1.807) is 6.20 Å². The van der Waals surface area contributed by atoms with Gasteiger partial charge in [-0.3, -0.25) is 4.98 Å². The lowest BCUT2D eigenvalue weighted by Crippen LogP contribution is -2.13. The number of nitrogens with zero attached hydrogens (tertiary/aromatic N) is 1. The van der Waals surface area contributed by atoms with Gasteiger partial charge in [0.05, 0.1) is 5.69 Å². The van der Waals surface area contributed by atoms with E-state index in [1.807, 2.05) is 18.3 Å². The van der Waals surface area contributed by atoms with E-state index in [-0.39, 0.29) is 12.6 Å². The number of fused-ring (bicyclic) bond motifs is 1. The summed E-state index contributed by atoms with van der Waals surface area (Å²) in [6.45, 7) is 0.0870. The smallest absolute Gasteiger partial charge is 0.0665 e. The van der Waals surface area contributed by atoms with Crippen LogP contribution >= 0.6 is 0 Å². The number of H-pyrrole nitrogens is 1. The van der Waals surface area contributed by atoms with Crippen LogP contribution < -0.4 is 5.73 Å². The van der Waals surface area contributed by atoms with Crippen LogP contribution in [0.5, 0.6) is 0 Å². The van der Waals surface area contributed by atoms with Gasteiger partial charge in [-0.15, -0.1) is 0 Å². The molecule has 2 aromatic heterocycles. The fraction of sp³-hybridized carbons (Fsp3) is 0.300. The van der Waals surface area contributed by atoms with Crippen molar-refractivity contribution in [1.82, 2.24) is 9.97 Å². The first-order chi connectivity index (χ1) is 6.83. The Hall–Kier alpha value is -1.39. The Morgan fingerprint density at radius 2 is 2.36 bits per heavy atom. The predicted molar refractivity (Wildman–Crippen MR) is 54.7 cm³/mol. The maximum Gasteiger partial charge on any atom is 0.0665 e. The standard InChI is InChI=1S/C10H13N3O/c11-8(3-6-14)10-7-1-4-12-9(7)2-5-13-10/h1-2,4-5,8,12,14H,3,6,11H2/t8-/m0/s1. The Kier molecular flexibility index (Phi) is 2.47. The van der Waals surface area contributed by atoms with Crippen LogP contribution in [0.2, 0.25) is 0 Å². The molecule has 74 valence electrons. The van der Waals surface area contributed by atoms with Crippen molar-refractivity contribution in [3.8, 4) is 0 Å². The quantitative estimate of drug-likeness (QED) is 0.676.